The summed E-state index contributed by atoms with van der Waals surface area (Å²) < 4.78 is 20.2. The van der Waals surface area contributed by atoms with E-state index in [2.05, 4.69) is 10.6 Å². The average molecular weight is 390 g/mol. The molecule has 1 aromatic heterocycles. The van der Waals surface area contributed by atoms with E-state index < -0.39 is 30.4 Å². The number of hydrogen-bond acceptors (Lipinski definition) is 7. The molecular formula is C19H22N2O7. The lowest BCUT2D eigenvalue weighted by Crippen LogP contribution is -2.34. The van der Waals surface area contributed by atoms with Crippen molar-refractivity contribution in [2.24, 2.45) is 0 Å². The zero-order valence-electron chi connectivity index (χ0n) is 15.8. The monoisotopic (exact) mass is 390 g/mol. The Hall–Kier alpha value is -3.49. The maximum Gasteiger partial charge on any atom is 0.325 e. The number of esters is 1. The second-order valence-corrected chi connectivity index (χ2v) is 5.72. The molecule has 1 atom stereocenters. The summed E-state index contributed by atoms with van der Waals surface area (Å²) in [6, 6.07) is 7.84. The number of ether oxygens (including phenoxy) is 3. The van der Waals surface area contributed by atoms with Crippen LogP contribution in [0.5, 0.6) is 11.5 Å². The van der Waals surface area contributed by atoms with Crippen LogP contribution in [0, 0.1) is 0 Å². The van der Waals surface area contributed by atoms with Gasteiger partial charge in [-0.15, -0.1) is 0 Å². The fourth-order valence-corrected chi connectivity index (χ4v) is 2.38. The number of rotatable bonds is 9. The lowest BCUT2D eigenvalue weighted by Gasteiger charge is -2.18. The fourth-order valence-electron chi connectivity index (χ4n) is 2.38. The van der Waals surface area contributed by atoms with E-state index in [0.717, 1.165) is 0 Å². The van der Waals surface area contributed by atoms with E-state index in [0.29, 0.717) is 17.1 Å². The molecule has 0 aliphatic heterocycles. The van der Waals surface area contributed by atoms with Crippen molar-refractivity contribution < 1.29 is 33.0 Å². The van der Waals surface area contributed by atoms with Gasteiger partial charge in [-0.3, -0.25) is 14.4 Å². The van der Waals surface area contributed by atoms with Crippen molar-refractivity contribution in [3.63, 3.8) is 0 Å². The van der Waals surface area contributed by atoms with Crippen molar-refractivity contribution in [1.82, 2.24) is 10.6 Å². The Bertz CT molecular complexity index is 818. The van der Waals surface area contributed by atoms with Gasteiger partial charge in [0, 0.05) is 5.56 Å². The van der Waals surface area contributed by atoms with Crippen LogP contribution in [0.15, 0.2) is 41.0 Å². The van der Waals surface area contributed by atoms with Gasteiger partial charge in [-0.05, 0) is 37.3 Å². The molecule has 9 heteroatoms. The van der Waals surface area contributed by atoms with Gasteiger partial charge in [0.25, 0.3) is 11.8 Å². The summed E-state index contributed by atoms with van der Waals surface area (Å²) >= 11 is 0. The van der Waals surface area contributed by atoms with Crippen LogP contribution in [0.25, 0.3) is 0 Å². The minimum atomic E-state index is -0.748. The molecular weight excluding hydrogens is 368 g/mol. The first-order chi connectivity index (χ1) is 13.4. The summed E-state index contributed by atoms with van der Waals surface area (Å²) in [5.74, 6) is -0.511. The van der Waals surface area contributed by atoms with Crippen molar-refractivity contribution in [2.75, 3.05) is 27.4 Å². The molecule has 28 heavy (non-hydrogen) atoms. The van der Waals surface area contributed by atoms with Crippen molar-refractivity contribution >= 4 is 17.8 Å². The van der Waals surface area contributed by atoms with Gasteiger partial charge in [0.05, 0.1) is 26.5 Å². The van der Waals surface area contributed by atoms with Gasteiger partial charge >= 0.3 is 5.97 Å². The summed E-state index contributed by atoms with van der Waals surface area (Å²) in [5.41, 5.74) is 0.715. The largest absolute Gasteiger partial charge is 0.497 e. The first kappa shape index (κ1) is 20.8. The van der Waals surface area contributed by atoms with Gasteiger partial charge in [0.15, 0.2) is 12.4 Å². The number of carbonyl (C=O) groups excluding carboxylic acids is 3. The van der Waals surface area contributed by atoms with E-state index >= 15 is 0 Å². The molecule has 0 aliphatic carbocycles. The Balaban J connectivity index is 1.80. The molecule has 0 bridgehead atoms. The first-order valence-electron chi connectivity index (χ1n) is 8.43. The Morgan fingerprint density at radius 2 is 1.93 bits per heavy atom. The van der Waals surface area contributed by atoms with Crippen molar-refractivity contribution in [1.29, 1.82) is 0 Å². The van der Waals surface area contributed by atoms with Crippen LogP contribution in [0.2, 0.25) is 0 Å². The third kappa shape index (κ3) is 5.76. The van der Waals surface area contributed by atoms with Crippen LogP contribution in [0.3, 0.4) is 0 Å². The second kappa shape index (κ2) is 10.0. The van der Waals surface area contributed by atoms with Gasteiger partial charge in [-0.1, -0.05) is 0 Å². The highest BCUT2D eigenvalue weighted by molar-refractivity contribution is 5.93. The summed E-state index contributed by atoms with van der Waals surface area (Å²) in [7, 11) is 3.07. The van der Waals surface area contributed by atoms with Crippen molar-refractivity contribution in [2.45, 2.75) is 13.0 Å². The lowest BCUT2D eigenvalue weighted by molar-refractivity contribution is -0.147. The molecule has 9 nitrogen and oxygen atoms in total. The quantitative estimate of drug-likeness (QED) is 0.623. The zero-order chi connectivity index (χ0) is 20.5. The van der Waals surface area contributed by atoms with E-state index in [9.17, 15) is 14.4 Å². The van der Waals surface area contributed by atoms with Crippen LogP contribution in [-0.2, 0) is 14.3 Å². The third-order valence-electron chi connectivity index (χ3n) is 3.78. The number of benzene rings is 1. The molecule has 1 heterocycles. The molecule has 0 radical (unpaired) electrons. The minimum absolute atomic E-state index is 0.0756. The Kier molecular flexibility index (Phi) is 7.44. The summed E-state index contributed by atoms with van der Waals surface area (Å²) in [5, 5.41) is 5.04. The Morgan fingerprint density at radius 3 is 2.57 bits per heavy atom. The van der Waals surface area contributed by atoms with E-state index in [-0.39, 0.29) is 12.3 Å². The summed E-state index contributed by atoms with van der Waals surface area (Å²) in [6.45, 7) is 0.902. The van der Waals surface area contributed by atoms with E-state index in [1.54, 1.807) is 38.3 Å². The van der Waals surface area contributed by atoms with Gasteiger partial charge in [0.2, 0.25) is 0 Å². The van der Waals surface area contributed by atoms with Crippen molar-refractivity contribution in [3.05, 3.63) is 47.9 Å². The molecule has 0 saturated heterocycles. The number of carbonyl (C=O) groups is 3. The number of nitrogens with one attached hydrogen (secondary N) is 2. The SMILES string of the molecule is COc1ccc(OC)c(C(C)NC(=O)COC(=O)CNC(=O)c2ccco2)c1. The molecule has 1 aromatic carbocycles. The molecule has 2 aromatic rings. The summed E-state index contributed by atoms with van der Waals surface area (Å²) in [4.78, 5) is 35.4. The van der Waals surface area contributed by atoms with Crippen LogP contribution >= 0.6 is 0 Å². The van der Waals surface area contributed by atoms with Crippen LogP contribution < -0.4 is 20.1 Å². The van der Waals surface area contributed by atoms with Crippen LogP contribution in [0.4, 0.5) is 0 Å². The van der Waals surface area contributed by atoms with Crippen LogP contribution in [0.1, 0.15) is 29.1 Å². The normalized spacial score (nSPS) is 11.2. The summed E-state index contributed by atoms with van der Waals surface area (Å²) in [6.07, 6.45) is 1.34. The molecule has 0 aliphatic rings. The van der Waals surface area contributed by atoms with Crippen LogP contribution in [-0.4, -0.2) is 45.2 Å². The molecule has 0 saturated carbocycles. The average Bonchev–Trinajstić information content (AvgIpc) is 3.24. The molecule has 2 rings (SSSR count). The highest BCUT2D eigenvalue weighted by Crippen LogP contribution is 2.29. The number of amides is 2. The maximum atomic E-state index is 12.0. The second-order valence-electron chi connectivity index (χ2n) is 5.72. The van der Waals surface area contributed by atoms with E-state index in [1.807, 2.05) is 0 Å². The Labute approximate surface area is 161 Å². The molecule has 0 spiro atoms. The predicted octanol–water partition coefficient (Wildman–Crippen LogP) is 1.45. The molecule has 150 valence electrons. The smallest absolute Gasteiger partial charge is 0.325 e. The molecule has 0 fully saturated rings. The number of furan rings is 1. The molecule has 1 unspecified atom stereocenters. The van der Waals surface area contributed by atoms with Gasteiger partial charge in [-0.2, -0.15) is 0 Å². The minimum Gasteiger partial charge on any atom is -0.497 e. The number of methoxy groups -OCH3 is 2. The fraction of sp³-hybridized carbons (Fsp3) is 0.316. The van der Waals surface area contributed by atoms with Gasteiger partial charge in [0.1, 0.15) is 18.0 Å². The molecule has 2 amide bonds. The standard InChI is InChI=1S/C19H22N2O7/c1-12(14-9-13(25-2)6-7-15(14)26-3)21-17(22)11-28-18(23)10-20-19(24)16-5-4-8-27-16/h4-9,12H,10-11H2,1-3H3,(H,20,24)(H,21,22). The van der Waals surface area contributed by atoms with E-state index in [1.165, 1.54) is 19.4 Å². The van der Waals surface area contributed by atoms with Crippen molar-refractivity contribution in [3.8, 4) is 11.5 Å². The third-order valence-corrected chi connectivity index (χ3v) is 3.78. The lowest BCUT2D eigenvalue weighted by atomic mass is 10.1. The molecule has 2 N–H and O–H groups in total. The van der Waals surface area contributed by atoms with E-state index in [4.69, 9.17) is 18.6 Å². The number of hydrogen-bond donors (Lipinski definition) is 2. The first-order valence-corrected chi connectivity index (χ1v) is 8.43. The van der Waals surface area contributed by atoms with Gasteiger partial charge < -0.3 is 29.3 Å². The maximum absolute atomic E-state index is 12.0. The highest BCUT2D eigenvalue weighted by atomic mass is 16.5. The highest BCUT2D eigenvalue weighted by Gasteiger charge is 2.17. The predicted molar refractivity (Wildman–Crippen MR) is 98.1 cm³/mol. The Morgan fingerprint density at radius 1 is 1.14 bits per heavy atom. The zero-order valence-corrected chi connectivity index (χ0v) is 15.8. The topological polar surface area (TPSA) is 116 Å². The van der Waals surface area contributed by atoms with Gasteiger partial charge in [-0.25, -0.2) is 0 Å².